The van der Waals surface area contributed by atoms with Crippen LogP contribution in [0.15, 0.2) is 60.3 Å². The van der Waals surface area contributed by atoms with Gasteiger partial charge in [0.1, 0.15) is 5.57 Å². The Kier molecular flexibility index (Phi) is 4.51. The van der Waals surface area contributed by atoms with Crippen LogP contribution >= 0.6 is 23.8 Å². The number of fused-ring (bicyclic) bond motifs is 1. The molecule has 1 aliphatic heterocycles. The number of rotatable bonds is 3. The van der Waals surface area contributed by atoms with E-state index in [4.69, 9.17) is 23.8 Å². The number of amides is 2. The number of carbonyl (C=O) groups excluding carboxylic acids is 2. The van der Waals surface area contributed by atoms with Crippen LogP contribution in [0.25, 0.3) is 17.0 Å². The lowest BCUT2D eigenvalue weighted by molar-refractivity contribution is -0.123. The molecule has 1 aliphatic rings. The first-order valence-corrected chi connectivity index (χ1v) is 9.01. The minimum atomic E-state index is -0.508. The molecule has 5 nitrogen and oxygen atoms in total. The highest BCUT2D eigenvalue weighted by Crippen LogP contribution is 2.26. The van der Waals surface area contributed by atoms with E-state index in [2.05, 4.69) is 10.6 Å². The summed E-state index contributed by atoms with van der Waals surface area (Å²) in [5.74, 6) is -1.02. The summed E-state index contributed by atoms with van der Waals surface area (Å²) in [6.07, 6.45) is 3.49. The van der Waals surface area contributed by atoms with Gasteiger partial charge in [-0.15, -0.1) is 0 Å². The van der Waals surface area contributed by atoms with E-state index in [1.807, 2.05) is 59.3 Å². The summed E-state index contributed by atoms with van der Waals surface area (Å²) < 4.78 is 2.05. The van der Waals surface area contributed by atoms with Crippen molar-refractivity contribution in [1.29, 1.82) is 0 Å². The van der Waals surface area contributed by atoms with Gasteiger partial charge in [-0.2, -0.15) is 0 Å². The Hall–Kier alpha value is -2.96. The third kappa shape index (κ3) is 3.37. The Morgan fingerprint density at radius 3 is 2.41 bits per heavy atom. The van der Waals surface area contributed by atoms with E-state index in [-0.39, 0.29) is 10.7 Å². The highest BCUT2D eigenvalue weighted by molar-refractivity contribution is 7.80. The monoisotopic (exact) mass is 395 g/mol. The molecule has 0 radical (unpaired) electrons. The maximum atomic E-state index is 12.1. The van der Waals surface area contributed by atoms with Gasteiger partial charge in [-0.3, -0.25) is 20.2 Å². The number of hydrogen-bond donors (Lipinski definition) is 2. The van der Waals surface area contributed by atoms with Crippen molar-refractivity contribution in [3.63, 3.8) is 0 Å². The third-order valence-corrected chi connectivity index (χ3v) is 4.93. The molecule has 1 fully saturated rings. The molecule has 2 N–H and O–H groups in total. The van der Waals surface area contributed by atoms with E-state index in [0.29, 0.717) is 11.6 Å². The van der Waals surface area contributed by atoms with Crippen molar-refractivity contribution in [2.75, 3.05) is 0 Å². The number of carbonyl (C=O) groups is 2. The first-order chi connectivity index (χ1) is 13.0. The Labute approximate surface area is 165 Å². The number of benzene rings is 2. The van der Waals surface area contributed by atoms with Crippen molar-refractivity contribution in [3.05, 3.63) is 76.5 Å². The molecule has 2 heterocycles. The van der Waals surface area contributed by atoms with E-state index < -0.39 is 11.8 Å². The fraction of sp³-hybridized carbons (Fsp3) is 0.0500. The number of nitrogens with zero attached hydrogens (tertiary/aromatic N) is 1. The predicted octanol–water partition coefficient (Wildman–Crippen LogP) is 3.26. The molecule has 0 saturated carbocycles. The van der Waals surface area contributed by atoms with Crippen LogP contribution in [0, 0.1) is 0 Å². The fourth-order valence-corrected chi connectivity index (χ4v) is 3.47. The van der Waals surface area contributed by atoms with Gasteiger partial charge in [-0.25, -0.2) is 0 Å². The van der Waals surface area contributed by atoms with Gasteiger partial charge in [0, 0.05) is 34.2 Å². The topological polar surface area (TPSA) is 63.1 Å². The van der Waals surface area contributed by atoms with E-state index in [0.717, 1.165) is 22.0 Å². The van der Waals surface area contributed by atoms with Crippen molar-refractivity contribution in [2.24, 2.45) is 0 Å². The minimum absolute atomic E-state index is 0.0169. The maximum Gasteiger partial charge on any atom is 0.263 e. The fourth-order valence-electron chi connectivity index (χ4n) is 3.09. The quantitative estimate of drug-likeness (QED) is 0.406. The summed E-state index contributed by atoms with van der Waals surface area (Å²) in [6, 6.07) is 15.5. The molecule has 27 heavy (non-hydrogen) atoms. The van der Waals surface area contributed by atoms with Gasteiger partial charge >= 0.3 is 0 Å². The van der Waals surface area contributed by atoms with Crippen LogP contribution in [0.4, 0.5) is 0 Å². The lowest BCUT2D eigenvalue weighted by Gasteiger charge is -2.16. The van der Waals surface area contributed by atoms with Crippen LogP contribution in [0.5, 0.6) is 0 Å². The van der Waals surface area contributed by atoms with Crippen LogP contribution in [0.1, 0.15) is 11.1 Å². The molecule has 3 aromatic rings. The molecule has 1 saturated heterocycles. The van der Waals surface area contributed by atoms with Gasteiger partial charge in [0.15, 0.2) is 5.11 Å². The summed E-state index contributed by atoms with van der Waals surface area (Å²) in [6.45, 7) is 0.575. The third-order valence-electron chi connectivity index (χ3n) is 4.36. The lowest BCUT2D eigenvalue weighted by Crippen LogP contribution is -2.51. The van der Waals surface area contributed by atoms with Crippen molar-refractivity contribution in [1.82, 2.24) is 15.2 Å². The molecule has 4 rings (SSSR count). The van der Waals surface area contributed by atoms with Crippen LogP contribution in [0.3, 0.4) is 0 Å². The van der Waals surface area contributed by atoms with E-state index in [9.17, 15) is 9.59 Å². The van der Waals surface area contributed by atoms with Gasteiger partial charge < -0.3 is 4.57 Å². The summed E-state index contributed by atoms with van der Waals surface area (Å²) in [7, 11) is 0. The highest BCUT2D eigenvalue weighted by Gasteiger charge is 2.26. The maximum absolute atomic E-state index is 12.1. The molecule has 0 spiro atoms. The zero-order valence-corrected chi connectivity index (χ0v) is 15.6. The number of para-hydroxylation sites is 1. The van der Waals surface area contributed by atoms with Crippen molar-refractivity contribution in [2.45, 2.75) is 6.54 Å². The Morgan fingerprint density at radius 1 is 1.00 bits per heavy atom. The SMILES string of the molecule is O=C1NC(=S)NC(=O)C1=Cc1cn(Cc2ccccc2Cl)c2ccccc12. The summed E-state index contributed by atoms with van der Waals surface area (Å²) >= 11 is 11.1. The predicted molar refractivity (Wildman–Crippen MR) is 109 cm³/mol. The first-order valence-electron chi connectivity index (χ1n) is 8.22. The second-order valence-corrected chi connectivity index (χ2v) is 6.93. The van der Waals surface area contributed by atoms with Crippen molar-refractivity contribution >= 4 is 57.7 Å². The molecular formula is C20H14ClN3O2S. The van der Waals surface area contributed by atoms with Crippen LogP contribution in [-0.2, 0) is 16.1 Å². The molecule has 2 aromatic carbocycles. The Morgan fingerprint density at radius 2 is 1.67 bits per heavy atom. The number of halogens is 1. The normalized spacial score (nSPS) is 14.3. The first kappa shape index (κ1) is 17.5. The second kappa shape index (κ2) is 6.98. The Bertz CT molecular complexity index is 1110. The van der Waals surface area contributed by atoms with Gasteiger partial charge in [-0.05, 0) is 36.0 Å². The summed E-state index contributed by atoms with van der Waals surface area (Å²) in [4.78, 5) is 24.3. The molecule has 134 valence electrons. The zero-order valence-electron chi connectivity index (χ0n) is 14.0. The molecule has 0 atom stereocenters. The van der Waals surface area contributed by atoms with Crippen LogP contribution < -0.4 is 10.6 Å². The lowest BCUT2D eigenvalue weighted by atomic mass is 10.1. The van der Waals surface area contributed by atoms with Crippen LogP contribution in [0.2, 0.25) is 5.02 Å². The standard InChI is InChI=1S/C20H14ClN3O2S/c21-16-7-3-1-5-12(16)10-24-11-13(14-6-2-4-8-17(14)24)9-15-18(25)22-20(27)23-19(15)26/h1-9,11H,10H2,(H2,22,23,25,26,27). The molecule has 7 heteroatoms. The molecule has 0 bridgehead atoms. The van der Waals surface area contributed by atoms with Gasteiger partial charge in [0.2, 0.25) is 0 Å². The average molecular weight is 396 g/mol. The van der Waals surface area contributed by atoms with Gasteiger partial charge in [0.05, 0.1) is 0 Å². The Balaban J connectivity index is 1.80. The molecule has 1 aromatic heterocycles. The zero-order chi connectivity index (χ0) is 19.0. The minimum Gasteiger partial charge on any atom is -0.342 e. The smallest absolute Gasteiger partial charge is 0.263 e. The second-order valence-electron chi connectivity index (χ2n) is 6.12. The molecular weight excluding hydrogens is 382 g/mol. The number of thiocarbonyl (C=S) groups is 1. The van der Waals surface area contributed by atoms with E-state index in [1.165, 1.54) is 0 Å². The molecule has 2 amide bonds. The average Bonchev–Trinajstić information content (AvgIpc) is 2.98. The van der Waals surface area contributed by atoms with Crippen molar-refractivity contribution < 1.29 is 9.59 Å². The van der Waals surface area contributed by atoms with E-state index >= 15 is 0 Å². The number of nitrogens with one attached hydrogen (secondary N) is 2. The molecule has 0 aliphatic carbocycles. The summed E-state index contributed by atoms with van der Waals surface area (Å²) in [5, 5.41) is 6.54. The van der Waals surface area contributed by atoms with Gasteiger partial charge in [-0.1, -0.05) is 48.0 Å². The summed E-state index contributed by atoms with van der Waals surface area (Å²) in [5.41, 5.74) is 2.75. The van der Waals surface area contributed by atoms with Gasteiger partial charge in [0.25, 0.3) is 11.8 Å². The highest BCUT2D eigenvalue weighted by atomic mass is 35.5. The number of hydrogen-bond acceptors (Lipinski definition) is 3. The van der Waals surface area contributed by atoms with E-state index in [1.54, 1.807) is 6.08 Å². The molecule has 0 unspecified atom stereocenters. The van der Waals surface area contributed by atoms with Crippen LogP contribution in [-0.4, -0.2) is 21.5 Å². The van der Waals surface area contributed by atoms with Crippen molar-refractivity contribution in [3.8, 4) is 0 Å². The largest absolute Gasteiger partial charge is 0.342 e. The number of aromatic nitrogens is 1.